The summed E-state index contributed by atoms with van der Waals surface area (Å²) in [5.41, 5.74) is 2.02. The molecule has 0 bridgehead atoms. The minimum atomic E-state index is -3.48. The van der Waals surface area contributed by atoms with Crippen LogP contribution in [0, 0.1) is 0 Å². The number of halogens is 1. The highest BCUT2D eigenvalue weighted by molar-refractivity contribution is 7.90. The van der Waals surface area contributed by atoms with E-state index in [2.05, 4.69) is 27.2 Å². The predicted octanol–water partition coefficient (Wildman–Crippen LogP) is 3.39. The monoisotopic (exact) mass is 404 g/mol. The fourth-order valence-corrected chi connectivity index (χ4v) is 4.95. The molecule has 3 aliphatic heterocycles. The van der Waals surface area contributed by atoms with Crippen LogP contribution in [-0.2, 0) is 15.6 Å². The zero-order valence-corrected chi connectivity index (χ0v) is 16.5. The first kappa shape index (κ1) is 18.4. The molecule has 4 rings (SSSR count). The Hall–Kier alpha value is -1.96. The molecule has 0 radical (unpaired) electrons. The molecule has 1 aromatic carbocycles. The molecule has 2 unspecified atom stereocenters. The zero-order chi connectivity index (χ0) is 19.0. The lowest BCUT2D eigenvalue weighted by molar-refractivity contribution is 0.371. The number of fused-ring (bicyclic) bond motifs is 1. The average molecular weight is 405 g/mol. The molecule has 0 aliphatic carbocycles. The van der Waals surface area contributed by atoms with E-state index >= 15 is 0 Å². The topological polar surface area (TPSA) is 87.7 Å². The second kappa shape index (κ2) is 7.22. The normalized spacial score (nSPS) is 20.8. The van der Waals surface area contributed by atoms with E-state index < -0.39 is 9.84 Å². The second-order valence-electron chi connectivity index (χ2n) is 7.10. The van der Waals surface area contributed by atoms with Gasteiger partial charge < -0.3 is 10.3 Å². The van der Waals surface area contributed by atoms with Crippen LogP contribution in [-0.4, -0.2) is 36.0 Å². The molecule has 0 amide bonds. The number of hydrogen-bond acceptors (Lipinski definition) is 5. The molecule has 0 aromatic heterocycles. The van der Waals surface area contributed by atoms with Gasteiger partial charge in [-0.05, 0) is 56.6 Å². The van der Waals surface area contributed by atoms with Crippen molar-refractivity contribution >= 4 is 21.4 Å². The van der Waals surface area contributed by atoms with Gasteiger partial charge in [-0.25, -0.2) is 18.4 Å². The Morgan fingerprint density at radius 2 is 2.04 bits per heavy atom. The van der Waals surface area contributed by atoms with E-state index in [1.165, 1.54) is 12.1 Å². The number of aromatic amines is 1. The number of rotatable bonds is 4. The maximum absolute atomic E-state index is 12.6. The molecule has 27 heavy (non-hydrogen) atoms. The molecule has 6 nitrogen and oxygen atoms in total. The third-order valence-electron chi connectivity index (χ3n) is 4.96. The van der Waals surface area contributed by atoms with Crippen molar-refractivity contribution in [3.8, 4) is 11.4 Å². The number of aromatic nitrogens is 3. The highest BCUT2D eigenvalue weighted by Crippen LogP contribution is 2.29. The van der Waals surface area contributed by atoms with Crippen molar-refractivity contribution in [1.82, 2.24) is 20.3 Å². The van der Waals surface area contributed by atoms with Gasteiger partial charge in [0.25, 0.3) is 0 Å². The van der Waals surface area contributed by atoms with E-state index in [1.807, 2.05) is 0 Å². The summed E-state index contributed by atoms with van der Waals surface area (Å²) in [5.74, 6) is 1.16. The van der Waals surface area contributed by atoms with Crippen LogP contribution in [0.4, 0.5) is 0 Å². The Morgan fingerprint density at radius 3 is 2.78 bits per heavy atom. The summed E-state index contributed by atoms with van der Waals surface area (Å²) < 4.78 is 25.2. The molecule has 1 aromatic rings. The number of benzene rings is 1. The fraction of sp³-hybridized carbons (Fsp3) is 0.368. The quantitative estimate of drug-likeness (QED) is 0.695. The summed E-state index contributed by atoms with van der Waals surface area (Å²) in [5, 5.41) is 3.94. The molecule has 0 saturated carbocycles. The van der Waals surface area contributed by atoms with Crippen molar-refractivity contribution in [2.24, 2.45) is 0 Å². The van der Waals surface area contributed by atoms with Crippen LogP contribution in [0.2, 0.25) is 5.02 Å². The fourth-order valence-electron chi connectivity index (χ4n) is 3.57. The summed E-state index contributed by atoms with van der Waals surface area (Å²) in [6.07, 6.45) is 3.79. The third kappa shape index (κ3) is 4.00. The average Bonchev–Trinajstić information content (AvgIpc) is 3.02. The van der Waals surface area contributed by atoms with Crippen LogP contribution in [0.1, 0.15) is 37.2 Å². The van der Waals surface area contributed by atoms with E-state index in [4.69, 9.17) is 11.6 Å². The Morgan fingerprint density at radius 1 is 1.26 bits per heavy atom. The van der Waals surface area contributed by atoms with Gasteiger partial charge in [-0.1, -0.05) is 11.6 Å². The number of hydrogen-bond donors (Lipinski definition) is 2. The summed E-state index contributed by atoms with van der Waals surface area (Å²) in [6, 6.07) is 8.46. The smallest absolute Gasteiger partial charge is 0.184 e. The van der Waals surface area contributed by atoms with Crippen LogP contribution < -0.4 is 5.32 Å². The molecule has 8 heteroatoms. The lowest BCUT2D eigenvalue weighted by Crippen LogP contribution is -2.35. The Kier molecular flexibility index (Phi) is 4.92. The molecule has 1 saturated heterocycles. The molecule has 142 valence electrons. The number of sulfone groups is 1. The number of H-pyrrole nitrogens is 1. The van der Waals surface area contributed by atoms with E-state index in [1.54, 1.807) is 24.4 Å². The molecule has 1 fully saturated rings. The van der Waals surface area contributed by atoms with Crippen LogP contribution in [0.5, 0.6) is 0 Å². The SMILES string of the molecule is CC1CC(c2ncc3nc(CS(=O)(=O)c4ccc(Cl)cc4)cc-3[nH]2)CCN1. The molecule has 3 aliphatic rings. The highest BCUT2D eigenvalue weighted by atomic mass is 35.5. The van der Waals surface area contributed by atoms with Crippen molar-refractivity contribution in [3.63, 3.8) is 0 Å². The second-order valence-corrected chi connectivity index (χ2v) is 9.53. The van der Waals surface area contributed by atoms with E-state index in [0.717, 1.165) is 30.9 Å². The third-order valence-corrected chi connectivity index (χ3v) is 6.88. The number of piperidine rings is 1. The van der Waals surface area contributed by atoms with Crippen molar-refractivity contribution in [1.29, 1.82) is 0 Å². The van der Waals surface area contributed by atoms with Crippen molar-refractivity contribution in [2.75, 3.05) is 6.54 Å². The first-order valence-corrected chi connectivity index (χ1v) is 11.0. The van der Waals surface area contributed by atoms with Gasteiger partial charge in [0, 0.05) is 17.0 Å². The van der Waals surface area contributed by atoms with Crippen molar-refractivity contribution in [2.45, 2.75) is 42.4 Å². The summed E-state index contributed by atoms with van der Waals surface area (Å²) in [6.45, 7) is 3.15. The van der Waals surface area contributed by atoms with Crippen molar-refractivity contribution in [3.05, 3.63) is 53.1 Å². The van der Waals surface area contributed by atoms with Gasteiger partial charge in [0.05, 0.1) is 28.2 Å². The Bertz CT molecular complexity index is 1020. The lowest BCUT2D eigenvalue weighted by atomic mass is 9.92. The predicted molar refractivity (Wildman–Crippen MR) is 105 cm³/mol. The zero-order valence-electron chi connectivity index (χ0n) is 14.9. The Balaban J connectivity index is 1.58. The molecule has 3 heterocycles. The first-order chi connectivity index (χ1) is 12.9. The molecule has 0 spiro atoms. The number of nitrogens with zero attached hydrogens (tertiary/aromatic N) is 2. The van der Waals surface area contributed by atoms with Crippen LogP contribution in [0.25, 0.3) is 11.4 Å². The summed E-state index contributed by atoms with van der Waals surface area (Å²) >= 11 is 5.84. The summed E-state index contributed by atoms with van der Waals surface area (Å²) in [4.78, 5) is 12.6. The molecule has 2 N–H and O–H groups in total. The van der Waals surface area contributed by atoms with E-state index in [9.17, 15) is 8.42 Å². The first-order valence-electron chi connectivity index (χ1n) is 8.97. The van der Waals surface area contributed by atoms with E-state index in [-0.39, 0.29) is 10.6 Å². The maximum Gasteiger partial charge on any atom is 0.184 e. The summed E-state index contributed by atoms with van der Waals surface area (Å²) in [7, 11) is -3.48. The van der Waals surface area contributed by atoms with Crippen LogP contribution in [0.15, 0.2) is 41.4 Å². The van der Waals surface area contributed by atoms with E-state index in [0.29, 0.717) is 28.4 Å². The van der Waals surface area contributed by atoms with Gasteiger partial charge in [-0.2, -0.15) is 0 Å². The van der Waals surface area contributed by atoms with Gasteiger partial charge in [-0.15, -0.1) is 0 Å². The number of nitrogens with one attached hydrogen (secondary N) is 2. The minimum Gasteiger partial charge on any atom is -0.342 e. The Labute approximate surface area is 163 Å². The molecule has 2 atom stereocenters. The van der Waals surface area contributed by atoms with Crippen LogP contribution in [0.3, 0.4) is 0 Å². The molecular weight excluding hydrogens is 384 g/mol. The maximum atomic E-state index is 12.6. The molecular formula is C19H21ClN4O2S. The van der Waals surface area contributed by atoms with Gasteiger partial charge in [0.15, 0.2) is 9.84 Å². The largest absolute Gasteiger partial charge is 0.342 e. The highest BCUT2D eigenvalue weighted by Gasteiger charge is 2.24. The van der Waals surface area contributed by atoms with Gasteiger partial charge in [0.2, 0.25) is 0 Å². The van der Waals surface area contributed by atoms with Gasteiger partial charge >= 0.3 is 0 Å². The minimum absolute atomic E-state index is 0.156. The van der Waals surface area contributed by atoms with Gasteiger partial charge in [-0.3, -0.25) is 0 Å². The van der Waals surface area contributed by atoms with Gasteiger partial charge in [0.1, 0.15) is 11.5 Å². The standard InChI is InChI=1S/C19H21ClN4O2S/c1-12-8-13(6-7-21-12)19-22-10-18-17(24-19)9-15(23-18)11-27(25,26)16-4-2-14(20)3-5-16/h2-5,9-10,12-13,21H,6-8,11H2,1H3,(H,22,24). The van der Waals surface area contributed by atoms with Crippen LogP contribution >= 0.6 is 11.6 Å². The lowest BCUT2D eigenvalue weighted by Gasteiger charge is -2.27. The van der Waals surface area contributed by atoms with Crippen molar-refractivity contribution < 1.29 is 8.42 Å².